The summed E-state index contributed by atoms with van der Waals surface area (Å²) in [4.78, 5) is 23.2. The SMILES string of the molecule is CCCCCCCCCC(=O)N[C@@H](Cc1ccccc1)C(=O)O.[H-].[Na+]. The van der Waals surface area contributed by atoms with Gasteiger partial charge in [-0.25, -0.2) is 4.79 Å². The summed E-state index contributed by atoms with van der Waals surface area (Å²) in [6.45, 7) is 2.19. The van der Waals surface area contributed by atoms with E-state index in [1.165, 1.54) is 25.7 Å². The first-order valence-corrected chi connectivity index (χ1v) is 8.69. The second-order valence-electron chi connectivity index (χ2n) is 6.02. The minimum atomic E-state index is -0.984. The van der Waals surface area contributed by atoms with Crippen molar-refractivity contribution in [1.82, 2.24) is 5.32 Å². The van der Waals surface area contributed by atoms with E-state index in [-0.39, 0.29) is 36.9 Å². The fraction of sp³-hybridized carbons (Fsp3) is 0.579. The average Bonchev–Trinajstić information content (AvgIpc) is 2.54. The number of amides is 1. The summed E-state index contributed by atoms with van der Waals surface area (Å²) < 4.78 is 0. The maximum atomic E-state index is 11.9. The van der Waals surface area contributed by atoms with Crippen LogP contribution in [-0.2, 0) is 16.0 Å². The van der Waals surface area contributed by atoms with Gasteiger partial charge in [-0.2, -0.15) is 0 Å². The van der Waals surface area contributed by atoms with Crippen molar-refractivity contribution in [1.29, 1.82) is 0 Å². The molecule has 24 heavy (non-hydrogen) atoms. The Kier molecular flexibility index (Phi) is 14.0. The summed E-state index contributed by atoms with van der Waals surface area (Å²) in [5.74, 6) is -1.15. The van der Waals surface area contributed by atoms with Crippen molar-refractivity contribution in [3.8, 4) is 0 Å². The molecule has 0 unspecified atom stereocenters. The third-order valence-electron chi connectivity index (χ3n) is 3.92. The summed E-state index contributed by atoms with van der Waals surface area (Å²) in [7, 11) is 0. The van der Waals surface area contributed by atoms with Gasteiger partial charge in [0.25, 0.3) is 0 Å². The number of rotatable bonds is 12. The number of unbranched alkanes of at least 4 members (excludes halogenated alkanes) is 6. The molecule has 1 aromatic carbocycles. The Morgan fingerprint density at radius 1 is 1.04 bits per heavy atom. The van der Waals surface area contributed by atoms with Crippen LogP contribution in [0.2, 0.25) is 0 Å². The second kappa shape index (κ2) is 14.5. The van der Waals surface area contributed by atoms with Gasteiger partial charge < -0.3 is 11.8 Å². The number of hydrogen-bond acceptors (Lipinski definition) is 2. The molecule has 0 aromatic heterocycles. The van der Waals surface area contributed by atoms with E-state index in [0.29, 0.717) is 12.8 Å². The first kappa shape index (κ1) is 23.2. The van der Waals surface area contributed by atoms with Crippen LogP contribution in [0.25, 0.3) is 0 Å². The van der Waals surface area contributed by atoms with Crippen molar-refractivity contribution in [3.05, 3.63) is 35.9 Å². The molecule has 0 fully saturated rings. The average molecular weight is 343 g/mol. The molecule has 0 aliphatic heterocycles. The minimum Gasteiger partial charge on any atom is -1.00 e. The van der Waals surface area contributed by atoms with Crippen LogP contribution in [0.5, 0.6) is 0 Å². The Morgan fingerprint density at radius 3 is 2.21 bits per heavy atom. The van der Waals surface area contributed by atoms with Gasteiger partial charge in [-0.1, -0.05) is 75.8 Å². The second-order valence-corrected chi connectivity index (χ2v) is 6.02. The minimum absolute atomic E-state index is 0. The van der Waals surface area contributed by atoms with E-state index in [1.807, 2.05) is 30.3 Å². The predicted molar refractivity (Wildman–Crippen MR) is 93.4 cm³/mol. The zero-order valence-electron chi connectivity index (χ0n) is 16.1. The number of hydrogen-bond donors (Lipinski definition) is 2. The van der Waals surface area contributed by atoms with Crippen molar-refractivity contribution >= 4 is 11.9 Å². The third kappa shape index (κ3) is 10.8. The molecule has 1 rings (SSSR count). The molecule has 1 atom stereocenters. The molecule has 0 saturated heterocycles. The predicted octanol–water partition coefficient (Wildman–Crippen LogP) is 1.06. The molecule has 1 aromatic rings. The van der Waals surface area contributed by atoms with Crippen molar-refractivity contribution in [2.75, 3.05) is 0 Å². The smallest absolute Gasteiger partial charge is 1.00 e. The van der Waals surface area contributed by atoms with Gasteiger partial charge in [0, 0.05) is 12.8 Å². The number of carbonyl (C=O) groups excluding carboxylic acids is 1. The Hall–Kier alpha value is -0.840. The first-order chi connectivity index (χ1) is 11.1. The number of carboxylic acids is 1. The van der Waals surface area contributed by atoms with Gasteiger partial charge in [0.15, 0.2) is 0 Å². The van der Waals surface area contributed by atoms with Gasteiger partial charge in [0.2, 0.25) is 5.91 Å². The van der Waals surface area contributed by atoms with Gasteiger partial charge in [-0.15, -0.1) is 0 Å². The van der Waals surface area contributed by atoms with Crippen LogP contribution in [0.4, 0.5) is 0 Å². The molecule has 0 aliphatic rings. The summed E-state index contributed by atoms with van der Waals surface area (Å²) in [6, 6.07) is 8.52. The summed E-state index contributed by atoms with van der Waals surface area (Å²) in [6.07, 6.45) is 8.75. The van der Waals surface area contributed by atoms with E-state index in [0.717, 1.165) is 24.8 Å². The van der Waals surface area contributed by atoms with Gasteiger partial charge in [0.05, 0.1) is 0 Å². The van der Waals surface area contributed by atoms with Gasteiger partial charge in [-0.05, 0) is 12.0 Å². The number of nitrogens with one attached hydrogen (secondary N) is 1. The quantitative estimate of drug-likeness (QED) is 0.440. The molecular formula is C19H30NNaO3. The molecule has 0 heterocycles. The van der Waals surface area contributed by atoms with Crippen LogP contribution in [0, 0.1) is 0 Å². The first-order valence-electron chi connectivity index (χ1n) is 8.69. The Morgan fingerprint density at radius 2 is 1.62 bits per heavy atom. The van der Waals surface area contributed by atoms with Crippen LogP contribution < -0.4 is 34.9 Å². The largest absolute Gasteiger partial charge is 1.00 e. The van der Waals surface area contributed by atoms with Gasteiger partial charge in [0.1, 0.15) is 6.04 Å². The van der Waals surface area contributed by atoms with E-state index in [9.17, 15) is 14.7 Å². The molecular weight excluding hydrogens is 313 g/mol. The Labute approximate surface area is 169 Å². The standard InChI is InChI=1S/C19H29NO3.Na.H/c1-2-3-4-5-6-7-11-14-18(21)20-17(19(22)23)15-16-12-9-8-10-13-16;;/h8-10,12-13,17H,2-7,11,14-15H2,1H3,(H,20,21)(H,22,23);;/q;+1;-1/t17-;;/m0../s1. The molecule has 0 radical (unpaired) electrons. The maximum absolute atomic E-state index is 11.9. The number of carboxylic acid groups (broad SMARTS) is 1. The number of benzene rings is 1. The van der Waals surface area contributed by atoms with Gasteiger partial charge in [-0.3, -0.25) is 4.79 Å². The zero-order chi connectivity index (χ0) is 16.9. The van der Waals surface area contributed by atoms with Gasteiger partial charge >= 0.3 is 35.5 Å². The summed E-state index contributed by atoms with van der Waals surface area (Å²) >= 11 is 0. The van der Waals surface area contributed by atoms with Crippen molar-refractivity contribution in [3.63, 3.8) is 0 Å². The van der Waals surface area contributed by atoms with E-state index in [1.54, 1.807) is 0 Å². The van der Waals surface area contributed by atoms with Crippen LogP contribution in [0.3, 0.4) is 0 Å². The monoisotopic (exact) mass is 343 g/mol. The molecule has 4 nitrogen and oxygen atoms in total. The molecule has 0 saturated carbocycles. The Bertz CT molecular complexity index is 471. The topological polar surface area (TPSA) is 66.4 Å². The van der Waals surface area contributed by atoms with Crippen molar-refractivity contribution < 1.29 is 45.7 Å². The number of carbonyl (C=O) groups is 2. The van der Waals surface area contributed by atoms with E-state index in [4.69, 9.17) is 0 Å². The fourth-order valence-corrected chi connectivity index (χ4v) is 2.56. The van der Waals surface area contributed by atoms with Crippen molar-refractivity contribution in [2.45, 2.75) is 70.8 Å². The third-order valence-corrected chi connectivity index (χ3v) is 3.92. The molecule has 0 bridgehead atoms. The summed E-state index contributed by atoms with van der Waals surface area (Å²) in [5.41, 5.74) is 0.913. The molecule has 2 N–H and O–H groups in total. The molecule has 0 aliphatic carbocycles. The molecule has 130 valence electrons. The summed E-state index contributed by atoms with van der Waals surface area (Å²) in [5, 5.41) is 11.9. The fourth-order valence-electron chi connectivity index (χ4n) is 2.56. The molecule has 0 spiro atoms. The van der Waals surface area contributed by atoms with Crippen LogP contribution in [-0.4, -0.2) is 23.0 Å². The zero-order valence-corrected chi connectivity index (χ0v) is 17.1. The molecule has 5 heteroatoms. The normalized spacial score (nSPS) is 11.4. The van der Waals surface area contributed by atoms with E-state index >= 15 is 0 Å². The molecule has 1 amide bonds. The van der Waals surface area contributed by atoms with E-state index < -0.39 is 12.0 Å². The Balaban J connectivity index is 0. The number of aliphatic carboxylic acids is 1. The van der Waals surface area contributed by atoms with E-state index in [2.05, 4.69) is 12.2 Å². The van der Waals surface area contributed by atoms with Crippen LogP contribution >= 0.6 is 0 Å². The van der Waals surface area contributed by atoms with Crippen LogP contribution in [0.15, 0.2) is 30.3 Å². The van der Waals surface area contributed by atoms with Crippen molar-refractivity contribution in [2.24, 2.45) is 0 Å². The maximum Gasteiger partial charge on any atom is 1.00 e. The van der Waals surface area contributed by atoms with Crippen LogP contribution in [0.1, 0.15) is 65.3 Å².